The average Bonchev–Trinajstić information content (AvgIpc) is 2.81. The number of rotatable bonds is 4. The molecule has 1 amide bonds. The maximum absolute atomic E-state index is 12.6. The molecule has 3 aliphatic rings. The van der Waals surface area contributed by atoms with Crippen LogP contribution in [0.2, 0.25) is 0 Å². The van der Waals surface area contributed by atoms with E-state index in [-0.39, 0.29) is 23.3 Å². The first kappa shape index (κ1) is 18.9. The molecule has 1 saturated heterocycles. The van der Waals surface area contributed by atoms with Gasteiger partial charge in [0.25, 0.3) is 5.91 Å². The summed E-state index contributed by atoms with van der Waals surface area (Å²) in [5.41, 5.74) is 3.42. The zero-order valence-electron chi connectivity index (χ0n) is 16.0. The highest BCUT2D eigenvalue weighted by Gasteiger charge is 2.27. The van der Waals surface area contributed by atoms with E-state index >= 15 is 0 Å². The van der Waals surface area contributed by atoms with Crippen LogP contribution in [0.1, 0.15) is 53.6 Å². The van der Waals surface area contributed by atoms with Gasteiger partial charge >= 0.3 is 0 Å². The predicted molar refractivity (Wildman–Crippen MR) is 107 cm³/mol. The second-order valence-electron chi connectivity index (χ2n) is 8.41. The second-order valence-corrected chi connectivity index (χ2v) is 10.7. The molecule has 6 heteroatoms. The molecular weight excluding hydrogens is 360 g/mol. The van der Waals surface area contributed by atoms with Crippen LogP contribution in [0.25, 0.3) is 0 Å². The summed E-state index contributed by atoms with van der Waals surface area (Å²) in [4.78, 5) is 15.2. The van der Waals surface area contributed by atoms with E-state index in [4.69, 9.17) is 0 Å². The lowest BCUT2D eigenvalue weighted by atomic mass is 9.91. The Morgan fingerprint density at radius 2 is 1.74 bits per heavy atom. The molecule has 1 saturated carbocycles. The molecule has 0 bridgehead atoms. The Hall–Kier alpha value is -1.40. The van der Waals surface area contributed by atoms with Crippen molar-refractivity contribution in [3.8, 4) is 0 Å². The third-order valence-electron chi connectivity index (χ3n) is 6.62. The number of benzene rings is 1. The SMILES string of the molecule is O=C(NCC1CCS(=O)(=O)CC1)c1ccc2c(c1)CCN(C1CCC1)CC2. The van der Waals surface area contributed by atoms with Gasteiger partial charge in [0, 0.05) is 31.2 Å². The van der Waals surface area contributed by atoms with Crippen molar-refractivity contribution in [1.82, 2.24) is 10.2 Å². The van der Waals surface area contributed by atoms with Gasteiger partial charge in [0.15, 0.2) is 0 Å². The van der Waals surface area contributed by atoms with Crippen LogP contribution in [0, 0.1) is 5.92 Å². The van der Waals surface area contributed by atoms with Crippen molar-refractivity contribution in [3.05, 3.63) is 34.9 Å². The van der Waals surface area contributed by atoms with Crippen LogP contribution in [-0.4, -0.2) is 56.4 Å². The fourth-order valence-electron chi connectivity index (χ4n) is 4.48. The summed E-state index contributed by atoms with van der Waals surface area (Å²) in [5.74, 6) is 0.744. The highest BCUT2D eigenvalue weighted by Crippen LogP contribution is 2.27. The fraction of sp³-hybridized carbons (Fsp3) is 0.667. The highest BCUT2D eigenvalue weighted by atomic mass is 32.2. The van der Waals surface area contributed by atoms with E-state index in [1.54, 1.807) is 0 Å². The molecule has 0 atom stereocenters. The maximum Gasteiger partial charge on any atom is 0.251 e. The standard InChI is InChI=1S/C21H30N2O3S/c24-21(22-15-16-8-12-27(25,26)13-9-16)19-5-4-17-6-10-23(20-2-1-3-20)11-7-18(17)14-19/h4-5,14,16,20H,1-3,6-13,15H2,(H,22,24). The van der Waals surface area contributed by atoms with Crippen LogP contribution in [0.5, 0.6) is 0 Å². The van der Waals surface area contributed by atoms with Crippen molar-refractivity contribution >= 4 is 15.7 Å². The molecule has 1 N–H and O–H groups in total. The molecule has 0 unspecified atom stereocenters. The van der Waals surface area contributed by atoms with Gasteiger partial charge in [0.05, 0.1) is 11.5 Å². The lowest BCUT2D eigenvalue weighted by Crippen LogP contribution is -2.41. The Labute approximate surface area is 162 Å². The summed E-state index contributed by atoms with van der Waals surface area (Å²) in [6, 6.07) is 6.92. The number of nitrogens with zero attached hydrogens (tertiary/aromatic N) is 1. The predicted octanol–water partition coefficient (Wildman–Crippen LogP) is 2.19. The minimum absolute atomic E-state index is 0.0358. The number of amides is 1. The van der Waals surface area contributed by atoms with Gasteiger partial charge in [-0.25, -0.2) is 8.42 Å². The summed E-state index contributed by atoms with van der Waals surface area (Å²) in [6.07, 6.45) is 7.45. The van der Waals surface area contributed by atoms with Gasteiger partial charge in [-0.3, -0.25) is 9.69 Å². The minimum Gasteiger partial charge on any atom is -0.352 e. The van der Waals surface area contributed by atoms with E-state index in [9.17, 15) is 13.2 Å². The molecule has 2 fully saturated rings. The summed E-state index contributed by atoms with van der Waals surface area (Å²) in [6.45, 7) is 2.80. The van der Waals surface area contributed by atoms with Crippen LogP contribution in [0.4, 0.5) is 0 Å². The van der Waals surface area contributed by atoms with E-state index < -0.39 is 9.84 Å². The molecule has 5 nitrogen and oxygen atoms in total. The van der Waals surface area contributed by atoms with Crippen molar-refractivity contribution in [2.75, 3.05) is 31.1 Å². The maximum atomic E-state index is 12.6. The van der Waals surface area contributed by atoms with Crippen molar-refractivity contribution in [2.45, 2.75) is 51.0 Å². The van der Waals surface area contributed by atoms with Gasteiger partial charge in [-0.1, -0.05) is 12.5 Å². The first-order chi connectivity index (χ1) is 13.0. The van der Waals surface area contributed by atoms with Crippen LogP contribution >= 0.6 is 0 Å². The van der Waals surface area contributed by atoms with Crippen LogP contribution in [-0.2, 0) is 22.7 Å². The zero-order valence-corrected chi connectivity index (χ0v) is 16.8. The molecule has 1 aromatic rings. The molecule has 1 aliphatic carbocycles. The van der Waals surface area contributed by atoms with E-state index in [0.29, 0.717) is 19.4 Å². The summed E-state index contributed by atoms with van der Waals surface area (Å²) in [7, 11) is -2.85. The van der Waals surface area contributed by atoms with E-state index in [0.717, 1.165) is 37.5 Å². The molecule has 0 aromatic heterocycles. The van der Waals surface area contributed by atoms with Gasteiger partial charge < -0.3 is 5.32 Å². The molecule has 0 radical (unpaired) electrons. The zero-order chi connectivity index (χ0) is 18.9. The van der Waals surface area contributed by atoms with Crippen molar-refractivity contribution in [3.63, 3.8) is 0 Å². The van der Waals surface area contributed by atoms with Gasteiger partial charge in [-0.05, 0) is 67.7 Å². The number of hydrogen-bond acceptors (Lipinski definition) is 4. The smallest absolute Gasteiger partial charge is 0.251 e. The van der Waals surface area contributed by atoms with Crippen molar-refractivity contribution in [1.29, 1.82) is 0 Å². The van der Waals surface area contributed by atoms with Crippen LogP contribution in [0.3, 0.4) is 0 Å². The van der Waals surface area contributed by atoms with Crippen LogP contribution in [0.15, 0.2) is 18.2 Å². The van der Waals surface area contributed by atoms with Crippen molar-refractivity contribution in [2.24, 2.45) is 5.92 Å². The molecule has 148 valence electrons. The molecule has 4 rings (SSSR count). The number of fused-ring (bicyclic) bond motifs is 1. The number of sulfone groups is 1. The summed E-state index contributed by atoms with van der Waals surface area (Å²) >= 11 is 0. The monoisotopic (exact) mass is 390 g/mol. The number of nitrogens with one attached hydrogen (secondary N) is 1. The lowest BCUT2D eigenvalue weighted by Gasteiger charge is -2.36. The lowest BCUT2D eigenvalue weighted by molar-refractivity contribution is 0.0946. The molecule has 2 aliphatic heterocycles. The average molecular weight is 391 g/mol. The quantitative estimate of drug-likeness (QED) is 0.856. The van der Waals surface area contributed by atoms with E-state index in [2.05, 4.69) is 22.3 Å². The fourth-order valence-corrected chi connectivity index (χ4v) is 6.07. The van der Waals surface area contributed by atoms with Gasteiger partial charge in [-0.15, -0.1) is 0 Å². The Kier molecular flexibility index (Phi) is 5.55. The normalized spacial score (nSPS) is 23.9. The largest absolute Gasteiger partial charge is 0.352 e. The number of hydrogen-bond donors (Lipinski definition) is 1. The van der Waals surface area contributed by atoms with E-state index in [1.165, 1.54) is 30.4 Å². The molecule has 2 heterocycles. The Morgan fingerprint density at radius 3 is 2.41 bits per heavy atom. The molecule has 1 aromatic carbocycles. The van der Waals surface area contributed by atoms with Crippen molar-refractivity contribution < 1.29 is 13.2 Å². The Bertz CT molecular complexity index is 788. The number of carbonyl (C=O) groups is 1. The van der Waals surface area contributed by atoms with E-state index in [1.807, 2.05) is 6.07 Å². The van der Waals surface area contributed by atoms with Gasteiger partial charge in [0.2, 0.25) is 0 Å². The third kappa shape index (κ3) is 4.54. The van der Waals surface area contributed by atoms with Gasteiger partial charge in [-0.2, -0.15) is 0 Å². The Morgan fingerprint density at radius 1 is 1.04 bits per heavy atom. The van der Waals surface area contributed by atoms with Gasteiger partial charge in [0.1, 0.15) is 9.84 Å². The molecule has 0 spiro atoms. The first-order valence-electron chi connectivity index (χ1n) is 10.3. The number of carbonyl (C=O) groups excluding carboxylic acids is 1. The second kappa shape index (κ2) is 7.92. The molecular formula is C21H30N2O3S. The first-order valence-corrected chi connectivity index (χ1v) is 12.2. The minimum atomic E-state index is -2.85. The summed E-state index contributed by atoms with van der Waals surface area (Å²) in [5, 5.41) is 3.02. The summed E-state index contributed by atoms with van der Waals surface area (Å²) < 4.78 is 23.0. The van der Waals surface area contributed by atoms with Crippen LogP contribution < -0.4 is 5.32 Å². The topological polar surface area (TPSA) is 66.5 Å². The highest BCUT2D eigenvalue weighted by molar-refractivity contribution is 7.91. The molecule has 27 heavy (non-hydrogen) atoms. The Balaban J connectivity index is 1.33. The third-order valence-corrected chi connectivity index (χ3v) is 8.34.